The van der Waals surface area contributed by atoms with E-state index < -0.39 is 12.4 Å². The molecule has 0 radical (unpaired) electrons. The van der Waals surface area contributed by atoms with E-state index >= 15 is 0 Å². The lowest BCUT2D eigenvalue weighted by Gasteiger charge is -2.27. The van der Waals surface area contributed by atoms with Crippen molar-refractivity contribution in [3.8, 4) is 5.75 Å². The van der Waals surface area contributed by atoms with Crippen LogP contribution in [0.4, 0.5) is 0 Å². The minimum absolute atomic E-state index is 0.0442. The molecule has 0 spiro atoms. The lowest BCUT2D eigenvalue weighted by molar-refractivity contribution is -0.182. The quantitative estimate of drug-likeness (QED) is 0.697. The molecule has 4 rings (SSSR count). The van der Waals surface area contributed by atoms with Crippen LogP contribution in [-0.4, -0.2) is 54.3 Å². The van der Waals surface area contributed by atoms with E-state index in [2.05, 4.69) is 0 Å². The molecular formula is C22H30O6. The lowest BCUT2D eigenvalue weighted by Crippen LogP contribution is -2.30. The van der Waals surface area contributed by atoms with Crippen molar-refractivity contribution in [3.63, 3.8) is 0 Å². The van der Waals surface area contributed by atoms with Crippen molar-refractivity contribution in [2.75, 3.05) is 13.2 Å². The van der Waals surface area contributed by atoms with Gasteiger partial charge in [-0.3, -0.25) is 0 Å². The molecule has 3 aliphatic rings. The van der Waals surface area contributed by atoms with E-state index in [1.54, 1.807) is 0 Å². The molecule has 1 aliphatic carbocycles. The first kappa shape index (κ1) is 19.9. The fourth-order valence-electron chi connectivity index (χ4n) is 4.43. The Morgan fingerprint density at radius 2 is 2.00 bits per heavy atom. The number of fused-ring (bicyclic) bond motifs is 1. The van der Waals surface area contributed by atoms with Crippen LogP contribution in [0.5, 0.6) is 5.75 Å². The predicted octanol–water partition coefficient (Wildman–Crippen LogP) is 2.64. The zero-order chi connectivity index (χ0) is 19.3. The van der Waals surface area contributed by atoms with Crippen LogP contribution in [0.2, 0.25) is 0 Å². The van der Waals surface area contributed by atoms with Crippen molar-refractivity contribution < 1.29 is 29.2 Å². The van der Waals surface area contributed by atoms with Gasteiger partial charge in [-0.15, -0.1) is 0 Å². The number of aliphatic hydroxyl groups excluding tert-OH is 2. The molecule has 0 bridgehead atoms. The van der Waals surface area contributed by atoms with Gasteiger partial charge in [0.15, 0.2) is 12.6 Å². The van der Waals surface area contributed by atoms with Gasteiger partial charge in [-0.2, -0.15) is 0 Å². The van der Waals surface area contributed by atoms with Gasteiger partial charge in [0.25, 0.3) is 0 Å². The number of benzene rings is 1. The topological polar surface area (TPSA) is 77.4 Å². The molecule has 0 amide bonds. The zero-order valence-electron chi connectivity index (χ0n) is 16.1. The molecule has 6 nitrogen and oxygen atoms in total. The average Bonchev–Trinajstić information content (AvgIpc) is 3.20. The summed E-state index contributed by atoms with van der Waals surface area (Å²) in [5.74, 6) is 0.891. The highest BCUT2D eigenvalue weighted by atomic mass is 16.7. The summed E-state index contributed by atoms with van der Waals surface area (Å²) in [6, 6.07) is 9.66. The largest absolute Gasteiger partial charge is 0.491 e. The van der Waals surface area contributed by atoms with Crippen molar-refractivity contribution in [2.24, 2.45) is 11.8 Å². The number of hydrogen-bond donors (Lipinski definition) is 2. The first-order chi connectivity index (χ1) is 13.7. The lowest BCUT2D eigenvalue weighted by atomic mass is 9.91. The molecule has 2 aliphatic heterocycles. The monoisotopic (exact) mass is 390 g/mol. The Morgan fingerprint density at radius 3 is 2.79 bits per heavy atom. The Hall–Kier alpha value is -1.44. The van der Waals surface area contributed by atoms with E-state index in [1.165, 1.54) is 0 Å². The maximum atomic E-state index is 10.4. The van der Waals surface area contributed by atoms with Gasteiger partial charge in [0.05, 0.1) is 12.2 Å². The van der Waals surface area contributed by atoms with Crippen LogP contribution in [0.3, 0.4) is 0 Å². The van der Waals surface area contributed by atoms with E-state index in [9.17, 15) is 10.2 Å². The van der Waals surface area contributed by atoms with Crippen LogP contribution in [0.15, 0.2) is 42.5 Å². The number of para-hydroxylation sites is 1. The van der Waals surface area contributed by atoms with Crippen molar-refractivity contribution in [3.05, 3.63) is 42.5 Å². The summed E-state index contributed by atoms with van der Waals surface area (Å²) in [5, 5.41) is 20.2. The Balaban J connectivity index is 1.40. The van der Waals surface area contributed by atoms with E-state index in [1.807, 2.05) is 42.5 Å². The summed E-state index contributed by atoms with van der Waals surface area (Å²) in [6.07, 6.45) is 6.42. The predicted molar refractivity (Wildman–Crippen MR) is 103 cm³/mol. The summed E-state index contributed by atoms with van der Waals surface area (Å²) < 4.78 is 23.3. The van der Waals surface area contributed by atoms with Crippen molar-refractivity contribution in [1.82, 2.24) is 0 Å². The van der Waals surface area contributed by atoms with Crippen molar-refractivity contribution in [1.29, 1.82) is 0 Å². The maximum Gasteiger partial charge on any atom is 0.158 e. The van der Waals surface area contributed by atoms with E-state index in [0.717, 1.165) is 31.6 Å². The van der Waals surface area contributed by atoms with Gasteiger partial charge in [-0.1, -0.05) is 30.4 Å². The molecule has 28 heavy (non-hydrogen) atoms. The second kappa shape index (κ2) is 9.37. The van der Waals surface area contributed by atoms with Crippen LogP contribution < -0.4 is 4.74 Å². The average molecular weight is 390 g/mol. The van der Waals surface area contributed by atoms with E-state index in [4.69, 9.17) is 18.9 Å². The molecule has 2 unspecified atom stereocenters. The highest BCUT2D eigenvalue weighted by Crippen LogP contribution is 2.43. The molecule has 0 aromatic heterocycles. The maximum absolute atomic E-state index is 10.4. The Morgan fingerprint density at radius 1 is 1.14 bits per heavy atom. The summed E-state index contributed by atoms with van der Waals surface area (Å²) in [5.41, 5.74) is 0. The molecule has 2 heterocycles. The van der Waals surface area contributed by atoms with Gasteiger partial charge in [0.2, 0.25) is 0 Å². The number of aliphatic hydroxyl groups is 2. The second-order valence-electron chi connectivity index (χ2n) is 7.89. The van der Waals surface area contributed by atoms with Crippen LogP contribution in [0, 0.1) is 11.8 Å². The van der Waals surface area contributed by atoms with Crippen LogP contribution >= 0.6 is 0 Å². The van der Waals surface area contributed by atoms with Gasteiger partial charge in [0, 0.05) is 25.4 Å². The molecule has 7 atom stereocenters. The summed E-state index contributed by atoms with van der Waals surface area (Å²) >= 11 is 0. The molecule has 1 aromatic rings. The molecule has 2 N–H and O–H groups in total. The van der Waals surface area contributed by atoms with Gasteiger partial charge >= 0.3 is 0 Å². The second-order valence-corrected chi connectivity index (χ2v) is 7.89. The number of hydrogen-bond acceptors (Lipinski definition) is 6. The molecule has 2 saturated heterocycles. The van der Waals surface area contributed by atoms with Crippen LogP contribution in [-0.2, 0) is 14.2 Å². The normalized spacial score (nSPS) is 36.5. The van der Waals surface area contributed by atoms with Gasteiger partial charge in [-0.05, 0) is 37.3 Å². The summed E-state index contributed by atoms with van der Waals surface area (Å²) in [4.78, 5) is 0. The van der Waals surface area contributed by atoms with Gasteiger partial charge in [0.1, 0.15) is 18.5 Å². The third-order valence-corrected chi connectivity index (χ3v) is 5.87. The highest BCUT2D eigenvalue weighted by molar-refractivity contribution is 5.21. The first-order valence-electron chi connectivity index (χ1n) is 10.3. The van der Waals surface area contributed by atoms with Gasteiger partial charge < -0.3 is 29.2 Å². The standard InChI is InChI=1S/C22H30O6/c23-19-13-20-18(12-21(24)28-20)17(19)10-9-16(27-22-8-4-5-11-25-22)14-26-15-6-2-1-3-7-15/h1-3,6-7,9-10,16-24H,4-5,8,11-14H2/b10-9+/t16-,17+,18+,19+,20-,21?,22?/m0/s1. The molecule has 154 valence electrons. The Labute approximate surface area is 166 Å². The number of ether oxygens (including phenoxy) is 4. The first-order valence-corrected chi connectivity index (χ1v) is 10.3. The van der Waals surface area contributed by atoms with Crippen molar-refractivity contribution >= 4 is 0 Å². The SMILES string of the molecule is OC1C[C@@H]2[C@@H](/C=C/[C@@H](COc3ccccc3)OC3CCCCO3)[C@H](O)C[C@@H]2O1. The Bertz CT molecular complexity index is 629. The van der Waals surface area contributed by atoms with Crippen molar-refractivity contribution in [2.45, 2.75) is 63.0 Å². The molecular weight excluding hydrogens is 360 g/mol. The van der Waals surface area contributed by atoms with E-state index in [0.29, 0.717) is 19.4 Å². The third-order valence-electron chi connectivity index (χ3n) is 5.87. The highest BCUT2D eigenvalue weighted by Gasteiger charge is 2.47. The summed E-state index contributed by atoms with van der Waals surface area (Å²) in [6.45, 7) is 1.09. The van der Waals surface area contributed by atoms with Crippen LogP contribution in [0.25, 0.3) is 0 Å². The molecule has 3 fully saturated rings. The molecule has 1 aromatic carbocycles. The molecule has 1 saturated carbocycles. The minimum atomic E-state index is -0.720. The third kappa shape index (κ3) is 4.93. The fourth-order valence-corrected chi connectivity index (χ4v) is 4.43. The molecule has 6 heteroatoms. The fraction of sp³-hybridized carbons (Fsp3) is 0.636. The smallest absolute Gasteiger partial charge is 0.158 e. The van der Waals surface area contributed by atoms with Crippen LogP contribution in [0.1, 0.15) is 32.1 Å². The minimum Gasteiger partial charge on any atom is -0.491 e. The number of rotatable bonds is 7. The van der Waals surface area contributed by atoms with Gasteiger partial charge in [-0.25, -0.2) is 0 Å². The zero-order valence-corrected chi connectivity index (χ0v) is 16.1. The Kier molecular flexibility index (Phi) is 6.65. The van der Waals surface area contributed by atoms with E-state index in [-0.39, 0.29) is 30.3 Å². The summed E-state index contributed by atoms with van der Waals surface area (Å²) in [7, 11) is 0.